The van der Waals surface area contributed by atoms with Gasteiger partial charge in [0.25, 0.3) is 0 Å². The van der Waals surface area contributed by atoms with Crippen LogP contribution in [0.2, 0.25) is 0 Å². The topological polar surface area (TPSA) is 59.8 Å². The number of ether oxygens (including phenoxy) is 2. The fourth-order valence-corrected chi connectivity index (χ4v) is 5.81. The van der Waals surface area contributed by atoms with Crippen molar-refractivity contribution in [1.29, 1.82) is 0 Å². The molecule has 154 valence electrons. The highest BCUT2D eigenvalue weighted by atomic mass is 32.1. The highest BCUT2D eigenvalue weighted by molar-refractivity contribution is 7.18. The summed E-state index contributed by atoms with van der Waals surface area (Å²) in [5, 5.41) is 0.995. The quantitative estimate of drug-likeness (QED) is 0.630. The highest BCUT2D eigenvalue weighted by Crippen LogP contribution is 2.41. The summed E-state index contributed by atoms with van der Waals surface area (Å²) in [6.45, 7) is 4.75. The second-order valence-electron chi connectivity index (χ2n) is 8.46. The second-order valence-corrected chi connectivity index (χ2v) is 9.52. The molecular weight excluding hydrogens is 396 g/mol. The highest BCUT2D eigenvalue weighted by Gasteiger charge is 2.51. The van der Waals surface area contributed by atoms with Gasteiger partial charge in [0.05, 0.1) is 13.0 Å². The van der Waals surface area contributed by atoms with E-state index in [1.165, 1.54) is 25.9 Å². The number of piperidine rings is 3. The van der Waals surface area contributed by atoms with Crippen LogP contribution in [0.5, 0.6) is 5.88 Å². The van der Waals surface area contributed by atoms with E-state index in [1.807, 2.05) is 42.5 Å². The Bertz CT molecular complexity index is 1090. The average molecular weight is 421 g/mol. The van der Waals surface area contributed by atoms with Gasteiger partial charge in [-0.25, -0.2) is 9.97 Å². The van der Waals surface area contributed by atoms with Crippen molar-refractivity contribution in [2.75, 3.05) is 26.2 Å². The first kappa shape index (κ1) is 18.3. The van der Waals surface area contributed by atoms with Crippen molar-refractivity contribution in [3.05, 3.63) is 53.0 Å². The van der Waals surface area contributed by atoms with Crippen molar-refractivity contribution in [3.63, 3.8) is 0 Å². The molecule has 7 heteroatoms. The molecule has 3 aromatic rings. The number of aliphatic imine (C=N–C) groups is 1. The molecule has 1 aromatic carbocycles. The maximum atomic E-state index is 6.46. The lowest BCUT2D eigenvalue weighted by atomic mass is 9.75. The number of fused-ring (bicyclic) bond motifs is 3. The summed E-state index contributed by atoms with van der Waals surface area (Å²) in [6.07, 6.45) is 3.12. The summed E-state index contributed by atoms with van der Waals surface area (Å²) >= 11 is 1.60. The minimum atomic E-state index is -0.0841. The molecule has 0 aliphatic carbocycles. The maximum Gasteiger partial charge on any atom is 0.215 e. The number of benzene rings is 1. The van der Waals surface area contributed by atoms with Crippen LogP contribution in [0.25, 0.3) is 10.3 Å². The third kappa shape index (κ3) is 3.36. The monoisotopic (exact) mass is 420 g/mol. The molecule has 1 spiro atoms. The van der Waals surface area contributed by atoms with Gasteiger partial charge in [0.1, 0.15) is 27.6 Å². The summed E-state index contributed by atoms with van der Waals surface area (Å²) in [5.41, 5.74) is 1.94. The van der Waals surface area contributed by atoms with E-state index in [-0.39, 0.29) is 5.60 Å². The van der Waals surface area contributed by atoms with Gasteiger partial charge in [-0.2, -0.15) is 0 Å². The van der Waals surface area contributed by atoms with Gasteiger partial charge in [0.2, 0.25) is 5.88 Å². The first-order valence-electron chi connectivity index (χ1n) is 10.6. The molecule has 0 saturated carbocycles. The maximum absolute atomic E-state index is 6.46. The Morgan fingerprint density at radius 3 is 2.77 bits per heavy atom. The number of thiazole rings is 1. The van der Waals surface area contributed by atoms with E-state index in [1.54, 1.807) is 11.3 Å². The lowest BCUT2D eigenvalue weighted by Gasteiger charge is -2.50. The molecular formula is C23H24N4O2S. The largest absolute Gasteiger partial charge is 0.473 e. The molecule has 0 unspecified atom stereocenters. The number of nitrogens with zero attached hydrogens (tertiary/aromatic N) is 4. The fourth-order valence-electron chi connectivity index (χ4n) is 4.89. The normalized spacial score (nSPS) is 27.4. The summed E-state index contributed by atoms with van der Waals surface area (Å²) in [6, 6.07) is 14.0. The lowest BCUT2D eigenvalue weighted by Crippen LogP contribution is -2.60. The van der Waals surface area contributed by atoms with Gasteiger partial charge in [-0.3, -0.25) is 9.89 Å². The van der Waals surface area contributed by atoms with Crippen molar-refractivity contribution in [3.8, 4) is 5.88 Å². The van der Waals surface area contributed by atoms with Crippen LogP contribution < -0.4 is 4.74 Å². The smallest absolute Gasteiger partial charge is 0.215 e. The Kier molecular flexibility index (Phi) is 4.46. The van der Waals surface area contributed by atoms with Crippen molar-refractivity contribution < 1.29 is 9.47 Å². The van der Waals surface area contributed by atoms with E-state index in [0.717, 1.165) is 39.9 Å². The third-order valence-electron chi connectivity index (χ3n) is 6.47. The molecule has 0 N–H and O–H groups in total. The Morgan fingerprint density at radius 1 is 1.10 bits per heavy atom. The molecule has 2 aromatic heterocycles. The Balaban J connectivity index is 1.13. The minimum Gasteiger partial charge on any atom is -0.473 e. The molecule has 3 saturated heterocycles. The number of aromatic nitrogens is 2. The van der Waals surface area contributed by atoms with Crippen molar-refractivity contribution in [2.24, 2.45) is 10.9 Å². The molecule has 6 nitrogen and oxygen atoms in total. The van der Waals surface area contributed by atoms with Crippen LogP contribution in [-0.2, 0) is 17.8 Å². The van der Waals surface area contributed by atoms with Crippen LogP contribution in [0.3, 0.4) is 0 Å². The third-order valence-corrected chi connectivity index (χ3v) is 7.44. The average Bonchev–Trinajstić information content (AvgIpc) is 3.37. The second kappa shape index (κ2) is 7.32. The van der Waals surface area contributed by atoms with Gasteiger partial charge in [-0.05, 0) is 37.6 Å². The van der Waals surface area contributed by atoms with Crippen LogP contribution in [0, 0.1) is 5.92 Å². The Labute approximate surface area is 179 Å². The minimum absolute atomic E-state index is 0.0841. The SMILES string of the molecule is c1ccc(COc2ccc3nc(CC4=NC[C@@]5(CN6CCC5CC6)O4)sc3n2)cc1. The zero-order valence-electron chi connectivity index (χ0n) is 16.8. The van der Waals surface area contributed by atoms with E-state index < -0.39 is 0 Å². The number of hydrogen-bond donors (Lipinski definition) is 0. The van der Waals surface area contributed by atoms with Crippen LogP contribution in [0.15, 0.2) is 47.5 Å². The Hall–Kier alpha value is -2.51. The van der Waals surface area contributed by atoms with E-state index >= 15 is 0 Å². The summed E-state index contributed by atoms with van der Waals surface area (Å²) in [4.78, 5) is 17.6. The molecule has 4 aliphatic rings. The van der Waals surface area contributed by atoms with Gasteiger partial charge in [0, 0.05) is 18.5 Å². The molecule has 0 radical (unpaired) electrons. The molecule has 30 heavy (non-hydrogen) atoms. The molecule has 7 rings (SSSR count). The van der Waals surface area contributed by atoms with Crippen molar-refractivity contribution >= 4 is 27.6 Å². The molecule has 3 fully saturated rings. The fraction of sp³-hybridized carbons (Fsp3) is 0.435. The number of pyridine rings is 1. The summed E-state index contributed by atoms with van der Waals surface area (Å²) in [5.74, 6) is 2.11. The molecule has 0 amide bonds. The number of hydrogen-bond acceptors (Lipinski definition) is 7. The molecule has 1 atom stereocenters. The first-order valence-corrected chi connectivity index (χ1v) is 11.5. The zero-order chi connectivity index (χ0) is 20.0. The number of rotatable bonds is 5. The standard InChI is InChI=1S/C23H24N4O2S/c1-2-4-16(5-3-1)13-28-19-7-6-18-22(26-19)30-21(25-18)12-20-24-14-23(29-20)15-27-10-8-17(23)9-11-27/h1-7,17H,8-15H2/t23-/m0/s1. The van der Waals surface area contributed by atoms with Gasteiger partial charge in [-0.15, -0.1) is 0 Å². The van der Waals surface area contributed by atoms with Crippen LogP contribution in [0.1, 0.15) is 23.4 Å². The van der Waals surface area contributed by atoms with Crippen molar-refractivity contribution in [2.45, 2.75) is 31.5 Å². The van der Waals surface area contributed by atoms with Crippen LogP contribution in [-0.4, -0.2) is 52.5 Å². The molecule has 4 aliphatic heterocycles. The summed E-state index contributed by atoms with van der Waals surface area (Å²) < 4.78 is 12.3. The van der Waals surface area contributed by atoms with Crippen LogP contribution >= 0.6 is 11.3 Å². The van der Waals surface area contributed by atoms with Crippen LogP contribution in [0.4, 0.5) is 0 Å². The summed E-state index contributed by atoms with van der Waals surface area (Å²) in [7, 11) is 0. The van der Waals surface area contributed by atoms with Crippen molar-refractivity contribution in [1.82, 2.24) is 14.9 Å². The van der Waals surface area contributed by atoms with Gasteiger partial charge < -0.3 is 9.47 Å². The zero-order valence-corrected chi connectivity index (χ0v) is 17.6. The lowest BCUT2D eigenvalue weighted by molar-refractivity contribution is -0.0837. The van der Waals surface area contributed by atoms with Gasteiger partial charge >= 0.3 is 0 Å². The van der Waals surface area contributed by atoms with E-state index in [4.69, 9.17) is 19.5 Å². The van der Waals surface area contributed by atoms with E-state index in [9.17, 15) is 0 Å². The van der Waals surface area contributed by atoms with E-state index in [0.29, 0.717) is 24.8 Å². The molecule has 6 heterocycles. The van der Waals surface area contributed by atoms with Gasteiger partial charge in [0.15, 0.2) is 5.90 Å². The van der Waals surface area contributed by atoms with E-state index in [2.05, 4.69) is 9.88 Å². The predicted octanol–water partition coefficient (Wildman–Crippen LogP) is 3.71. The molecule has 2 bridgehead atoms. The van der Waals surface area contributed by atoms with Gasteiger partial charge in [-0.1, -0.05) is 41.7 Å². The first-order chi connectivity index (χ1) is 14.8. The predicted molar refractivity (Wildman–Crippen MR) is 117 cm³/mol. The Morgan fingerprint density at radius 2 is 1.97 bits per heavy atom.